The highest BCUT2D eigenvalue weighted by Crippen LogP contribution is 2.41. The van der Waals surface area contributed by atoms with Gasteiger partial charge in [0.2, 0.25) is 16.0 Å². The Bertz CT molecular complexity index is 1180. The van der Waals surface area contributed by atoms with E-state index in [9.17, 15) is 34.8 Å². The van der Waals surface area contributed by atoms with Crippen LogP contribution in [0.2, 0.25) is 0 Å². The average molecular weight is 545 g/mol. The van der Waals surface area contributed by atoms with Crippen LogP contribution in [0.15, 0.2) is 6.20 Å². The number of halogens is 6. The van der Waals surface area contributed by atoms with Gasteiger partial charge in [0, 0.05) is 32.1 Å². The van der Waals surface area contributed by atoms with Crippen molar-refractivity contribution in [3.8, 4) is 10.6 Å². The van der Waals surface area contributed by atoms with Crippen LogP contribution < -0.4 is 5.32 Å². The predicted octanol–water partition coefficient (Wildman–Crippen LogP) is 3.43. The summed E-state index contributed by atoms with van der Waals surface area (Å²) >= 11 is 0.549. The van der Waals surface area contributed by atoms with Crippen molar-refractivity contribution in [2.75, 3.05) is 37.8 Å². The smallest absolute Gasteiger partial charge is 0.351 e. The van der Waals surface area contributed by atoms with Gasteiger partial charge in [-0.3, -0.25) is 4.90 Å². The van der Waals surface area contributed by atoms with Crippen LogP contribution in [0.1, 0.15) is 30.0 Å². The Hall–Kier alpha value is -2.04. The molecule has 2 saturated heterocycles. The number of aromatic nitrogens is 3. The van der Waals surface area contributed by atoms with E-state index in [1.54, 1.807) is 0 Å². The minimum atomic E-state index is -4.91. The molecule has 35 heavy (non-hydrogen) atoms. The van der Waals surface area contributed by atoms with Gasteiger partial charge >= 0.3 is 6.18 Å². The van der Waals surface area contributed by atoms with E-state index in [-0.39, 0.29) is 43.2 Å². The molecule has 4 heterocycles. The van der Waals surface area contributed by atoms with E-state index in [2.05, 4.69) is 20.3 Å². The van der Waals surface area contributed by atoms with Crippen molar-refractivity contribution in [3.63, 3.8) is 0 Å². The molecule has 0 aromatic carbocycles. The van der Waals surface area contributed by atoms with Gasteiger partial charge in [-0.2, -0.15) is 13.2 Å². The molecule has 0 amide bonds. The number of nitrogens with one attached hydrogen (secondary N) is 1. The molecular weight excluding hydrogens is 522 g/mol. The molecule has 0 aliphatic carbocycles. The van der Waals surface area contributed by atoms with Gasteiger partial charge in [0.15, 0.2) is 11.5 Å². The third-order valence-electron chi connectivity index (χ3n) is 5.76. The lowest BCUT2D eigenvalue weighted by Crippen LogP contribution is -2.42. The maximum Gasteiger partial charge on any atom is 0.434 e. The summed E-state index contributed by atoms with van der Waals surface area (Å²) in [6, 6.07) is -0.262. The van der Waals surface area contributed by atoms with Gasteiger partial charge in [0.25, 0.3) is 5.92 Å². The standard InChI is InChI=1S/C19H22F6N6O2S2/c1-35(32,33)31-5-2-11(3-6-31)27-17-26-8-12(20)14(29-17)15-16(19(23,24)25)28-13(34-15)9-30-7-4-18(21,22)10-30/h8,11H,2-7,9-10H2,1H3,(H,26,27,29). The Morgan fingerprint density at radius 3 is 2.46 bits per heavy atom. The number of hydrogen-bond donors (Lipinski definition) is 1. The molecular formula is C19H22F6N6O2S2. The van der Waals surface area contributed by atoms with Crippen LogP contribution in [-0.2, 0) is 22.7 Å². The SMILES string of the molecule is CS(=O)(=O)N1CCC(Nc2ncc(F)c(-c3sc(CN4CCC(F)(F)C4)nc3C(F)(F)F)n2)CC1. The molecule has 2 aromatic rings. The summed E-state index contributed by atoms with van der Waals surface area (Å²) in [5.74, 6) is -4.11. The number of anilines is 1. The lowest BCUT2D eigenvalue weighted by Gasteiger charge is -2.30. The van der Waals surface area contributed by atoms with E-state index in [1.807, 2.05) is 0 Å². The summed E-state index contributed by atoms with van der Waals surface area (Å²) in [4.78, 5) is 12.1. The fourth-order valence-electron chi connectivity index (χ4n) is 4.03. The quantitative estimate of drug-likeness (QED) is 0.558. The first kappa shape index (κ1) is 26.0. The van der Waals surface area contributed by atoms with E-state index in [0.717, 1.165) is 12.5 Å². The van der Waals surface area contributed by atoms with Crippen molar-refractivity contribution in [2.24, 2.45) is 0 Å². The fourth-order valence-corrected chi connectivity index (χ4v) is 6.02. The zero-order valence-corrected chi connectivity index (χ0v) is 20.1. The molecule has 0 spiro atoms. The molecule has 1 N–H and O–H groups in total. The van der Waals surface area contributed by atoms with Crippen molar-refractivity contribution in [3.05, 3.63) is 22.7 Å². The summed E-state index contributed by atoms with van der Waals surface area (Å²) in [7, 11) is -3.33. The van der Waals surface area contributed by atoms with Crippen LogP contribution >= 0.6 is 11.3 Å². The molecule has 0 saturated carbocycles. The van der Waals surface area contributed by atoms with E-state index < -0.39 is 57.2 Å². The Morgan fingerprint density at radius 2 is 1.89 bits per heavy atom. The summed E-state index contributed by atoms with van der Waals surface area (Å²) < 4.78 is 107. The summed E-state index contributed by atoms with van der Waals surface area (Å²) in [5.41, 5.74) is -1.94. The summed E-state index contributed by atoms with van der Waals surface area (Å²) in [6.45, 7) is -0.304. The molecule has 0 radical (unpaired) electrons. The largest absolute Gasteiger partial charge is 0.434 e. The van der Waals surface area contributed by atoms with E-state index in [0.29, 0.717) is 24.2 Å². The van der Waals surface area contributed by atoms with Crippen LogP contribution in [0, 0.1) is 5.82 Å². The molecule has 2 aliphatic heterocycles. The van der Waals surface area contributed by atoms with Crippen LogP contribution in [0.5, 0.6) is 0 Å². The van der Waals surface area contributed by atoms with Gasteiger partial charge in [0.1, 0.15) is 10.7 Å². The number of nitrogens with zero attached hydrogens (tertiary/aromatic N) is 5. The Kier molecular flexibility index (Phi) is 7.02. The predicted molar refractivity (Wildman–Crippen MR) is 116 cm³/mol. The molecule has 8 nitrogen and oxygen atoms in total. The maximum atomic E-state index is 14.6. The number of thiazole rings is 1. The number of sulfonamides is 1. The molecule has 4 rings (SSSR count). The van der Waals surface area contributed by atoms with Gasteiger partial charge < -0.3 is 5.32 Å². The zero-order chi connectivity index (χ0) is 25.6. The van der Waals surface area contributed by atoms with E-state index >= 15 is 0 Å². The Balaban J connectivity index is 1.56. The normalized spacial score (nSPS) is 20.4. The minimum Gasteiger partial charge on any atom is -0.351 e. The van der Waals surface area contributed by atoms with Crippen LogP contribution in [0.25, 0.3) is 10.6 Å². The number of rotatable bonds is 6. The highest BCUT2D eigenvalue weighted by atomic mass is 32.2. The van der Waals surface area contributed by atoms with Gasteiger partial charge in [0.05, 0.1) is 30.4 Å². The molecule has 2 aliphatic rings. The highest BCUT2D eigenvalue weighted by Gasteiger charge is 2.41. The van der Waals surface area contributed by atoms with Gasteiger partial charge in [-0.1, -0.05) is 0 Å². The summed E-state index contributed by atoms with van der Waals surface area (Å²) in [6.07, 6.45) is -2.65. The van der Waals surface area contributed by atoms with Crippen LogP contribution in [-0.4, -0.2) is 77.0 Å². The first-order chi connectivity index (χ1) is 16.2. The first-order valence-electron chi connectivity index (χ1n) is 10.6. The molecule has 2 fully saturated rings. The van der Waals surface area contributed by atoms with Gasteiger partial charge in [-0.05, 0) is 12.8 Å². The fraction of sp³-hybridized carbons (Fsp3) is 0.632. The van der Waals surface area contributed by atoms with Crippen LogP contribution in [0.4, 0.5) is 32.3 Å². The van der Waals surface area contributed by atoms with Crippen molar-refractivity contribution >= 4 is 27.3 Å². The van der Waals surface area contributed by atoms with Crippen molar-refractivity contribution in [1.82, 2.24) is 24.2 Å². The van der Waals surface area contributed by atoms with Crippen molar-refractivity contribution in [2.45, 2.75) is 43.9 Å². The third kappa shape index (κ3) is 6.21. The number of likely N-dealkylation sites (tertiary alicyclic amines) is 1. The van der Waals surface area contributed by atoms with Crippen molar-refractivity contribution in [1.29, 1.82) is 0 Å². The summed E-state index contributed by atoms with van der Waals surface area (Å²) in [5, 5.41) is 2.85. The number of piperidine rings is 1. The second kappa shape index (κ2) is 9.44. The Labute approximate surface area is 201 Å². The molecule has 0 bridgehead atoms. The van der Waals surface area contributed by atoms with Gasteiger partial charge in [-0.25, -0.2) is 40.8 Å². The molecule has 0 atom stereocenters. The number of alkyl halides is 5. The number of hydrogen-bond acceptors (Lipinski definition) is 8. The average Bonchev–Trinajstić information content (AvgIpc) is 3.32. The molecule has 2 aromatic heterocycles. The zero-order valence-electron chi connectivity index (χ0n) is 18.4. The van der Waals surface area contributed by atoms with E-state index in [1.165, 1.54) is 9.21 Å². The monoisotopic (exact) mass is 544 g/mol. The third-order valence-corrected chi connectivity index (χ3v) is 8.11. The maximum absolute atomic E-state index is 14.6. The minimum absolute atomic E-state index is 0.0113. The second-order valence-corrected chi connectivity index (χ2v) is 11.6. The molecule has 0 unspecified atom stereocenters. The highest BCUT2D eigenvalue weighted by molar-refractivity contribution is 7.88. The first-order valence-corrected chi connectivity index (χ1v) is 13.3. The second-order valence-electron chi connectivity index (χ2n) is 8.57. The molecule has 194 valence electrons. The van der Waals surface area contributed by atoms with Gasteiger partial charge in [-0.15, -0.1) is 11.3 Å². The van der Waals surface area contributed by atoms with E-state index in [4.69, 9.17) is 0 Å². The van der Waals surface area contributed by atoms with Crippen LogP contribution in [0.3, 0.4) is 0 Å². The molecule has 16 heteroatoms. The lowest BCUT2D eigenvalue weighted by molar-refractivity contribution is -0.140. The topological polar surface area (TPSA) is 91.3 Å². The Morgan fingerprint density at radius 1 is 1.20 bits per heavy atom. The lowest BCUT2D eigenvalue weighted by atomic mass is 10.1. The van der Waals surface area contributed by atoms with Crippen molar-refractivity contribution < 1.29 is 34.8 Å².